The quantitative estimate of drug-likeness (QED) is 0.630. The Labute approximate surface area is 176 Å². The number of hydrogen-bond donors (Lipinski definition) is 0. The van der Waals surface area contributed by atoms with Crippen LogP contribution in [0.2, 0.25) is 0 Å². The van der Waals surface area contributed by atoms with Crippen molar-refractivity contribution in [2.75, 3.05) is 19.6 Å². The first-order chi connectivity index (χ1) is 14.2. The lowest BCUT2D eigenvalue weighted by atomic mass is 9.90. The van der Waals surface area contributed by atoms with Crippen LogP contribution < -0.4 is 0 Å². The van der Waals surface area contributed by atoms with E-state index >= 15 is 0 Å². The van der Waals surface area contributed by atoms with Crippen LogP contribution in [0.1, 0.15) is 43.0 Å². The Bertz CT molecular complexity index is 881. The van der Waals surface area contributed by atoms with Crippen LogP contribution in [-0.4, -0.2) is 41.2 Å². The molecule has 152 valence electrons. The zero-order valence-corrected chi connectivity index (χ0v) is 17.8. The number of likely N-dealkylation sites (tertiary alicyclic amines) is 1. The first kappa shape index (κ1) is 19.9. The van der Waals surface area contributed by atoms with E-state index in [4.69, 9.17) is 0 Å². The van der Waals surface area contributed by atoms with Gasteiger partial charge in [-0.15, -0.1) is 11.3 Å². The average molecular weight is 409 g/mol. The Morgan fingerprint density at radius 3 is 2.41 bits per heavy atom. The van der Waals surface area contributed by atoms with Gasteiger partial charge in [-0.3, -0.25) is 14.5 Å². The smallest absolute Gasteiger partial charge is 0.277 e. The molecular weight excluding hydrogens is 380 g/mol. The zero-order chi connectivity index (χ0) is 20.2. The third-order valence-corrected chi connectivity index (χ3v) is 6.83. The fourth-order valence-electron chi connectivity index (χ4n) is 4.33. The van der Waals surface area contributed by atoms with Crippen molar-refractivity contribution in [2.45, 2.75) is 39.0 Å². The molecule has 1 aromatic carbocycles. The summed E-state index contributed by atoms with van der Waals surface area (Å²) in [5.74, 6) is 0.406. The summed E-state index contributed by atoms with van der Waals surface area (Å²) in [4.78, 5) is 30.9. The van der Waals surface area contributed by atoms with Crippen molar-refractivity contribution in [3.05, 3.63) is 64.0 Å². The van der Waals surface area contributed by atoms with Crippen molar-refractivity contribution < 1.29 is 9.59 Å². The van der Waals surface area contributed by atoms with E-state index in [1.807, 2.05) is 17.5 Å². The number of unbranched alkanes of at least 4 members (excludes halogenated alkanes) is 1. The van der Waals surface area contributed by atoms with Crippen molar-refractivity contribution in [2.24, 2.45) is 5.92 Å². The predicted octanol–water partition coefficient (Wildman–Crippen LogP) is 4.58. The third-order valence-electron chi connectivity index (χ3n) is 5.94. The zero-order valence-electron chi connectivity index (χ0n) is 17.0. The third kappa shape index (κ3) is 4.15. The summed E-state index contributed by atoms with van der Waals surface area (Å²) in [5, 5.41) is 1.97. The highest BCUT2D eigenvalue weighted by Gasteiger charge is 2.42. The number of hydrogen-bond acceptors (Lipinski definition) is 4. The summed E-state index contributed by atoms with van der Waals surface area (Å²) in [6.07, 6.45) is 4.99. The second-order valence-corrected chi connectivity index (χ2v) is 8.88. The molecule has 0 N–H and O–H groups in total. The number of imide groups is 1. The minimum Gasteiger partial charge on any atom is -0.366 e. The van der Waals surface area contributed by atoms with Gasteiger partial charge in [0.15, 0.2) is 0 Å². The Morgan fingerprint density at radius 1 is 1.00 bits per heavy atom. The van der Waals surface area contributed by atoms with Gasteiger partial charge in [0.2, 0.25) is 0 Å². The number of thiophene rings is 1. The molecule has 2 aliphatic rings. The van der Waals surface area contributed by atoms with Gasteiger partial charge >= 0.3 is 0 Å². The van der Waals surface area contributed by atoms with Crippen molar-refractivity contribution in [3.63, 3.8) is 0 Å². The van der Waals surface area contributed by atoms with Crippen molar-refractivity contribution >= 4 is 28.7 Å². The van der Waals surface area contributed by atoms with Gasteiger partial charge in [-0.25, -0.2) is 0 Å². The Morgan fingerprint density at radius 2 is 1.76 bits per heavy atom. The summed E-state index contributed by atoms with van der Waals surface area (Å²) in [5.41, 5.74) is 2.62. The molecule has 0 aliphatic carbocycles. The first-order valence-corrected chi connectivity index (χ1v) is 11.5. The van der Waals surface area contributed by atoms with Gasteiger partial charge in [-0.2, -0.15) is 0 Å². The Balaban J connectivity index is 1.52. The highest BCUT2D eigenvalue weighted by atomic mass is 32.1. The van der Waals surface area contributed by atoms with Crippen LogP contribution in [0.15, 0.2) is 53.5 Å². The van der Waals surface area contributed by atoms with Gasteiger partial charge in [0.05, 0.1) is 5.57 Å². The number of carbonyl (C=O) groups excluding carboxylic acids is 2. The number of piperidine rings is 1. The normalized spacial score (nSPS) is 18.2. The van der Waals surface area contributed by atoms with Crippen LogP contribution in [-0.2, 0) is 16.0 Å². The van der Waals surface area contributed by atoms with E-state index in [1.165, 1.54) is 21.8 Å². The minimum atomic E-state index is -0.118. The molecule has 29 heavy (non-hydrogen) atoms. The van der Waals surface area contributed by atoms with E-state index in [-0.39, 0.29) is 11.8 Å². The molecule has 0 bridgehead atoms. The maximum absolute atomic E-state index is 13.2. The van der Waals surface area contributed by atoms with Gasteiger partial charge in [0, 0.05) is 24.5 Å². The maximum Gasteiger partial charge on any atom is 0.277 e. The van der Waals surface area contributed by atoms with E-state index in [0.717, 1.165) is 50.1 Å². The molecule has 2 aliphatic heterocycles. The molecule has 0 spiro atoms. The van der Waals surface area contributed by atoms with E-state index in [1.54, 1.807) is 0 Å². The SMILES string of the molecule is CCCCN1C(=O)C(c2cccs2)=C(N2CCC(Cc3ccccc3)CC2)C1=O. The summed E-state index contributed by atoms with van der Waals surface area (Å²) < 4.78 is 0. The lowest BCUT2D eigenvalue weighted by Gasteiger charge is -2.34. The summed E-state index contributed by atoms with van der Waals surface area (Å²) in [6.45, 7) is 4.26. The molecule has 1 fully saturated rings. The van der Waals surface area contributed by atoms with Crippen LogP contribution in [0.3, 0.4) is 0 Å². The summed E-state index contributed by atoms with van der Waals surface area (Å²) >= 11 is 1.54. The second kappa shape index (κ2) is 8.95. The van der Waals surface area contributed by atoms with Gasteiger partial charge in [-0.05, 0) is 48.6 Å². The Hall–Kier alpha value is -2.40. The van der Waals surface area contributed by atoms with Crippen molar-refractivity contribution in [1.29, 1.82) is 0 Å². The molecule has 0 atom stereocenters. The van der Waals surface area contributed by atoms with Crippen LogP contribution in [0, 0.1) is 5.92 Å². The van der Waals surface area contributed by atoms with Crippen molar-refractivity contribution in [1.82, 2.24) is 9.80 Å². The van der Waals surface area contributed by atoms with Crippen LogP contribution in [0.4, 0.5) is 0 Å². The largest absolute Gasteiger partial charge is 0.366 e. The molecule has 3 heterocycles. The second-order valence-electron chi connectivity index (χ2n) is 7.94. The molecule has 5 heteroatoms. The molecule has 2 aromatic rings. The Kier molecular flexibility index (Phi) is 6.14. The molecule has 1 aromatic heterocycles. The lowest BCUT2D eigenvalue weighted by Crippen LogP contribution is -2.39. The summed E-state index contributed by atoms with van der Waals surface area (Å²) in [6, 6.07) is 14.5. The number of benzene rings is 1. The number of rotatable bonds is 7. The molecule has 0 radical (unpaired) electrons. The maximum atomic E-state index is 13.2. The van der Waals surface area contributed by atoms with Crippen LogP contribution in [0.25, 0.3) is 5.57 Å². The van der Waals surface area contributed by atoms with E-state index < -0.39 is 0 Å². The molecule has 4 rings (SSSR count). The molecule has 0 unspecified atom stereocenters. The van der Waals surface area contributed by atoms with Crippen molar-refractivity contribution in [3.8, 4) is 0 Å². The minimum absolute atomic E-state index is 0.103. The highest BCUT2D eigenvalue weighted by Crippen LogP contribution is 2.36. The number of nitrogens with zero attached hydrogens (tertiary/aromatic N) is 2. The number of amides is 2. The van der Waals surface area contributed by atoms with Crippen LogP contribution >= 0.6 is 11.3 Å². The molecule has 2 amide bonds. The highest BCUT2D eigenvalue weighted by molar-refractivity contribution is 7.11. The molecular formula is C24H28N2O2S. The monoisotopic (exact) mass is 408 g/mol. The molecule has 4 nitrogen and oxygen atoms in total. The van der Waals surface area contributed by atoms with E-state index in [2.05, 4.69) is 42.2 Å². The molecule has 1 saturated heterocycles. The van der Waals surface area contributed by atoms with E-state index in [9.17, 15) is 9.59 Å². The van der Waals surface area contributed by atoms with Gasteiger partial charge < -0.3 is 4.90 Å². The topological polar surface area (TPSA) is 40.6 Å². The predicted molar refractivity (Wildman–Crippen MR) is 117 cm³/mol. The van der Waals surface area contributed by atoms with Gasteiger partial charge in [0.1, 0.15) is 5.70 Å². The fraction of sp³-hybridized carbons (Fsp3) is 0.417. The lowest BCUT2D eigenvalue weighted by molar-refractivity contribution is -0.137. The van der Waals surface area contributed by atoms with Gasteiger partial charge in [-0.1, -0.05) is 49.7 Å². The number of carbonyl (C=O) groups is 2. The summed E-state index contributed by atoms with van der Waals surface area (Å²) in [7, 11) is 0. The van der Waals surface area contributed by atoms with Gasteiger partial charge in [0.25, 0.3) is 11.8 Å². The molecule has 0 saturated carbocycles. The first-order valence-electron chi connectivity index (χ1n) is 10.6. The van der Waals surface area contributed by atoms with Crippen LogP contribution in [0.5, 0.6) is 0 Å². The average Bonchev–Trinajstić information content (AvgIpc) is 3.35. The van der Waals surface area contributed by atoms with E-state index in [0.29, 0.717) is 23.7 Å². The standard InChI is InChI=1S/C24H28N2O2S/c1-2-3-13-26-23(27)21(20-10-7-16-29-20)22(24(26)28)25-14-11-19(12-15-25)17-18-8-5-4-6-9-18/h4-10,16,19H,2-3,11-15,17H2,1H3. The fourth-order valence-corrected chi connectivity index (χ4v) is 5.09.